The van der Waals surface area contributed by atoms with Crippen LogP contribution in [0.3, 0.4) is 0 Å². The highest BCUT2D eigenvalue weighted by atomic mass is 79.9. The second kappa shape index (κ2) is 7.43. The van der Waals surface area contributed by atoms with Crippen LogP contribution in [-0.2, 0) is 6.42 Å². The number of anilines is 1. The molecule has 0 radical (unpaired) electrons. The predicted molar refractivity (Wildman–Crippen MR) is 90.4 cm³/mol. The van der Waals surface area contributed by atoms with E-state index in [1.54, 1.807) is 0 Å². The molecule has 112 valence electrons. The van der Waals surface area contributed by atoms with E-state index in [-0.39, 0.29) is 0 Å². The highest BCUT2D eigenvalue weighted by Crippen LogP contribution is 2.28. The zero-order valence-corrected chi connectivity index (χ0v) is 14.2. The van der Waals surface area contributed by atoms with E-state index in [4.69, 9.17) is 5.73 Å². The Bertz CT molecular complexity index is 426. The molecule has 3 nitrogen and oxygen atoms in total. The summed E-state index contributed by atoms with van der Waals surface area (Å²) in [5.74, 6) is 0.848. The molecular formula is C16H26BrN3. The van der Waals surface area contributed by atoms with E-state index >= 15 is 0 Å². The minimum absolute atomic E-state index is 0.702. The van der Waals surface area contributed by atoms with Crippen molar-refractivity contribution in [1.29, 1.82) is 0 Å². The number of benzene rings is 1. The van der Waals surface area contributed by atoms with E-state index in [0.29, 0.717) is 6.54 Å². The standard InChI is InChI=1S/C16H26BrN3/c1-19(2)12-13-6-9-20(10-7-13)15-4-3-14(5-8-18)16(17)11-15/h3-4,11,13H,5-10,12,18H2,1-2H3. The third kappa shape index (κ3) is 4.21. The number of nitrogens with two attached hydrogens (primary N) is 1. The smallest absolute Gasteiger partial charge is 0.0377 e. The molecule has 20 heavy (non-hydrogen) atoms. The monoisotopic (exact) mass is 339 g/mol. The summed E-state index contributed by atoms with van der Waals surface area (Å²) in [5.41, 5.74) is 8.27. The molecule has 0 atom stereocenters. The van der Waals surface area contributed by atoms with Crippen LogP contribution in [0.4, 0.5) is 5.69 Å². The quantitative estimate of drug-likeness (QED) is 0.895. The lowest BCUT2D eigenvalue weighted by Gasteiger charge is -2.35. The van der Waals surface area contributed by atoms with Crippen molar-refractivity contribution in [3.63, 3.8) is 0 Å². The molecule has 1 fully saturated rings. The first-order valence-corrected chi connectivity index (χ1v) is 8.27. The Morgan fingerprint density at radius 2 is 2.00 bits per heavy atom. The van der Waals surface area contributed by atoms with Crippen molar-refractivity contribution >= 4 is 21.6 Å². The molecule has 2 rings (SSSR count). The number of halogens is 1. The van der Waals surface area contributed by atoms with Gasteiger partial charge in [0.2, 0.25) is 0 Å². The molecule has 1 heterocycles. The topological polar surface area (TPSA) is 32.5 Å². The second-order valence-electron chi connectivity index (χ2n) is 6.01. The number of rotatable bonds is 5. The fourth-order valence-electron chi connectivity index (χ4n) is 2.98. The van der Waals surface area contributed by atoms with Gasteiger partial charge in [-0.1, -0.05) is 22.0 Å². The third-order valence-corrected chi connectivity index (χ3v) is 4.79. The van der Waals surface area contributed by atoms with Crippen LogP contribution in [0.2, 0.25) is 0 Å². The predicted octanol–water partition coefficient (Wildman–Crippen LogP) is 2.73. The van der Waals surface area contributed by atoms with Gasteiger partial charge in [-0.15, -0.1) is 0 Å². The lowest BCUT2D eigenvalue weighted by molar-refractivity contribution is 0.285. The van der Waals surface area contributed by atoms with Gasteiger partial charge in [-0.2, -0.15) is 0 Å². The highest BCUT2D eigenvalue weighted by Gasteiger charge is 2.20. The lowest BCUT2D eigenvalue weighted by Crippen LogP contribution is -2.37. The summed E-state index contributed by atoms with van der Waals surface area (Å²) >= 11 is 3.67. The number of nitrogens with zero attached hydrogens (tertiary/aromatic N) is 2. The summed E-state index contributed by atoms with van der Waals surface area (Å²) in [6.45, 7) is 4.25. The van der Waals surface area contributed by atoms with Crippen molar-refractivity contribution in [3.8, 4) is 0 Å². The minimum Gasteiger partial charge on any atom is -0.371 e. The van der Waals surface area contributed by atoms with E-state index in [1.807, 2.05) is 0 Å². The van der Waals surface area contributed by atoms with Gasteiger partial charge in [-0.3, -0.25) is 0 Å². The third-order valence-electron chi connectivity index (χ3n) is 4.05. The molecular weight excluding hydrogens is 314 g/mol. The van der Waals surface area contributed by atoms with Crippen molar-refractivity contribution in [2.24, 2.45) is 11.7 Å². The van der Waals surface area contributed by atoms with Crippen molar-refractivity contribution in [2.45, 2.75) is 19.3 Å². The molecule has 0 spiro atoms. The SMILES string of the molecule is CN(C)CC1CCN(c2ccc(CCN)c(Br)c2)CC1. The Hall–Kier alpha value is -0.580. The van der Waals surface area contributed by atoms with Crippen molar-refractivity contribution < 1.29 is 0 Å². The van der Waals surface area contributed by atoms with Gasteiger partial charge < -0.3 is 15.5 Å². The molecule has 2 N–H and O–H groups in total. The Morgan fingerprint density at radius 1 is 1.30 bits per heavy atom. The van der Waals surface area contributed by atoms with E-state index < -0.39 is 0 Å². The molecule has 4 heteroatoms. The molecule has 0 unspecified atom stereocenters. The fourth-order valence-corrected chi connectivity index (χ4v) is 3.55. The summed E-state index contributed by atoms with van der Waals surface area (Å²) < 4.78 is 1.19. The Balaban J connectivity index is 1.95. The van der Waals surface area contributed by atoms with Gasteiger partial charge in [0.15, 0.2) is 0 Å². The lowest BCUT2D eigenvalue weighted by atomic mass is 9.96. The first-order valence-electron chi connectivity index (χ1n) is 7.48. The average Bonchev–Trinajstić information content (AvgIpc) is 2.41. The fraction of sp³-hybridized carbons (Fsp3) is 0.625. The molecule has 1 aliphatic rings. The molecule has 0 saturated carbocycles. The summed E-state index contributed by atoms with van der Waals surface area (Å²) in [7, 11) is 4.33. The first-order chi connectivity index (χ1) is 9.60. The van der Waals surface area contributed by atoms with Crippen LogP contribution in [0.25, 0.3) is 0 Å². The summed E-state index contributed by atoms with van der Waals surface area (Å²) in [6.07, 6.45) is 3.52. The second-order valence-corrected chi connectivity index (χ2v) is 6.86. The van der Waals surface area contributed by atoms with Crippen LogP contribution < -0.4 is 10.6 Å². The minimum atomic E-state index is 0.702. The molecule has 1 aromatic rings. The largest absolute Gasteiger partial charge is 0.371 e. The van der Waals surface area contributed by atoms with Crippen LogP contribution in [0, 0.1) is 5.92 Å². The molecule has 1 saturated heterocycles. The molecule has 0 aromatic heterocycles. The Labute approximate surface area is 131 Å². The van der Waals surface area contributed by atoms with E-state index in [0.717, 1.165) is 12.3 Å². The molecule has 0 amide bonds. The summed E-state index contributed by atoms with van der Waals surface area (Å²) in [4.78, 5) is 4.81. The molecule has 1 aliphatic heterocycles. The van der Waals surface area contributed by atoms with E-state index in [9.17, 15) is 0 Å². The summed E-state index contributed by atoms with van der Waals surface area (Å²) in [5, 5.41) is 0. The van der Waals surface area contributed by atoms with Gasteiger partial charge in [-0.05, 0) is 63.5 Å². The average molecular weight is 340 g/mol. The van der Waals surface area contributed by atoms with Gasteiger partial charge in [-0.25, -0.2) is 0 Å². The van der Waals surface area contributed by atoms with Crippen molar-refractivity contribution in [3.05, 3.63) is 28.2 Å². The van der Waals surface area contributed by atoms with Gasteiger partial charge in [0.25, 0.3) is 0 Å². The summed E-state index contributed by atoms with van der Waals surface area (Å²) in [6, 6.07) is 6.69. The van der Waals surface area contributed by atoms with Crippen LogP contribution in [0.5, 0.6) is 0 Å². The number of hydrogen-bond donors (Lipinski definition) is 1. The Kier molecular flexibility index (Phi) is 5.87. The number of hydrogen-bond acceptors (Lipinski definition) is 3. The highest BCUT2D eigenvalue weighted by molar-refractivity contribution is 9.10. The van der Waals surface area contributed by atoms with Crippen LogP contribution >= 0.6 is 15.9 Å². The first kappa shape index (κ1) is 15.8. The Morgan fingerprint density at radius 3 is 2.55 bits per heavy atom. The molecule has 1 aromatic carbocycles. The van der Waals surface area contributed by atoms with Gasteiger partial charge >= 0.3 is 0 Å². The van der Waals surface area contributed by atoms with Crippen LogP contribution in [0.1, 0.15) is 18.4 Å². The normalized spacial score (nSPS) is 16.9. The maximum atomic E-state index is 5.63. The van der Waals surface area contributed by atoms with Crippen molar-refractivity contribution in [1.82, 2.24) is 4.90 Å². The van der Waals surface area contributed by atoms with E-state index in [1.165, 1.54) is 48.2 Å². The number of piperidine rings is 1. The zero-order chi connectivity index (χ0) is 14.5. The maximum Gasteiger partial charge on any atom is 0.0377 e. The molecule has 0 aliphatic carbocycles. The maximum absolute atomic E-state index is 5.63. The van der Waals surface area contributed by atoms with Gasteiger partial charge in [0, 0.05) is 29.8 Å². The van der Waals surface area contributed by atoms with Gasteiger partial charge in [0.05, 0.1) is 0 Å². The van der Waals surface area contributed by atoms with E-state index in [2.05, 4.69) is 58.0 Å². The molecule has 0 bridgehead atoms. The van der Waals surface area contributed by atoms with Gasteiger partial charge in [0.1, 0.15) is 0 Å². The van der Waals surface area contributed by atoms with Crippen LogP contribution in [0.15, 0.2) is 22.7 Å². The zero-order valence-electron chi connectivity index (χ0n) is 12.6. The van der Waals surface area contributed by atoms with Crippen LogP contribution in [-0.4, -0.2) is 45.2 Å². The van der Waals surface area contributed by atoms with Crippen molar-refractivity contribution in [2.75, 3.05) is 45.2 Å².